The Hall–Kier alpha value is -3.14. The fraction of sp³-hybridized carbons (Fsp3) is 0.200. The molecule has 0 heterocycles. The number of hydroxylamine groups is 1. The molecule has 2 amide bonds. The van der Waals surface area contributed by atoms with Gasteiger partial charge in [0.2, 0.25) is 0 Å². The number of nitrogens with one attached hydrogen (secondary N) is 2. The third kappa shape index (κ3) is 5.18. The van der Waals surface area contributed by atoms with Crippen molar-refractivity contribution in [3.05, 3.63) is 70.8 Å². The van der Waals surface area contributed by atoms with Crippen LogP contribution in [-0.4, -0.2) is 29.6 Å². The van der Waals surface area contributed by atoms with Crippen molar-refractivity contribution in [3.8, 4) is 11.8 Å². The van der Waals surface area contributed by atoms with Gasteiger partial charge in [0.25, 0.3) is 11.8 Å². The summed E-state index contributed by atoms with van der Waals surface area (Å²) < 4.78 is 0. The molecule has 0 unspecified atom stereocenters. The van der Waals surface area contributed by atoms with E-state index in [0.29, 0.717) is 5.56 Å². The Morgan fingerprint density at radius 3 is 2.04 bits per heavy atom. The lowest BCUT2D eigenvalue weighted by molar-refractivity contribution is -0.130. The summed E-state index contributed by atoms with van der Waals surface area (Å²) in [6.45, 7) is 1.98. The van der Waals surface area contributed by atoms with Crippen LogP contribution in [-0.2, 0) is 11.2 Å². The summed E-state index contributed by atoms with van der Waals surface area (Å²) in [5.74, 6) is 4.90. The first-order valence-corrected chi connectivity index (χ1v) is 8.23. The van der Waals surface area contributed by atoms with E-state index in [-0.39, 0.29) is 6.54 Å². The molecule has 0 aliphatic heterocycles. The second-order valence-electron chi connectivity index (χ2n) is 5.62. The minimum atomic E-state index is -1.00. The molecule has 0 bridgehead atoms. The van der Waals surface area contributed by atoms with Crippen LogP contribution in [0, 0.1) is 11.8 Å². The molecular formula is C20H21N3O3. The lowest BCUT2D eigenvalue weighted by atomic mass is 10.1. The Bertz CT molecular complexity index is 818. The van der Waals surface area contributed by atoms with Crippen LogP contribution in [0.4, 0.5) is 0 Å². The van der Waals surface area contributed by atoms with Gasteiger partial charge in [-0.15, -0.1) is 0 Å². The maximum atomic E-state index is 12.1. The van der Waals surface area contributed by atoms with E-state index < -0.39 is 17.9 Å². The average molecular weight is 351 g/mol. The van der Waals surface area contributed by atoms with Gasteiger partial charge in [0.15, 0.2) is 0 Å². The number of carbonyl (C=O) groups is 2. The molecule has 0 fully saturated rings. The molecular weight excluding hydrogens is 330 g/mol. The molecule has 0 aromatic heterocycles. The summed E-state index contributed by atoms with van der Waals surface area (Å²) in [5, 5.41) is 11.1. The highest BCUT2D eigenvalue weighted by atomic mass is 16.5. The van der Waals surface area contributed by atoms with Crippen LogP contribution >= 0.6 is 0 Å². The zero-order valence-corrected chi connectivity index (χ0v) is 14.5. The predicted octanol–water partition coefficient (Wildman–Crippen LogP) is 1.21. The van der Waals surface area contributed by atoms with Crippen LogP contribution in [0.2, 0.25) is 0 Å². The zero-order chi connectivity index (χ0) is 18.9. The van der Waals surface area contributed by atoms with Crippen molar-refractivity contribution in [1.82, 2.24) is 10.8 Å². The van der Waals surface area contributed by atoms with E-state index in [4.69, 9.17) is 10.9 Å². The molecule has 0 saturated carbocycles. The molecule has 6 heteroatoms. The van der Waals surface area contributed by atoms with Crippen molar-refractivity contribution in [2.24, 2.45) is 5.73 Å². The van der Waals surface area contributed by atoms with Crippen LogP contribution in [0.15, 0.2) is 48.5 Å². The Balaban J connectivity index is 2.04. The third-order valence-electron chi connectivity index (χ3n) is 3.83. The topological polar surface area (TPSA) is 104 Å². The molecule has 1 atom stereocenters. The minimum Gasteiger partial charge on any atom is -0.339 e. The van der Waals surface area contributed by atoms with E-state index >= 15 is 0 Å². The van der Waals surface area contributed by atoms with Crippen LogP contribution in [0.1, 0.15) is 34.0 Å². The van der Waals surface area contributed by atoms with E-state index in [9.17, 15) is 9.59 Å². The molecule has 0 radical (unpaired) electrons. The SMILES string of the molecule is CCc1ccc(C#Cc2ccc(C(=O)N[C@@H](CN)C(=O)NO)cc2)cc1. The van der Waals surface area contributed by atoms with Crippen molar-refractivity contribution in [1.29, 1.82) is 0 Å². The normalized spacial score (nSPS) is 11.0. The molecule has 5 N–H and O–H groups in total. The number of hydrogen-bond acceptors (Lipinski definition) is 4. The van der Waals surface area contributed by atoms with Crippen molar-refractivity contribution in [2.45, 2.75) is 19.4 Å². The average Bonchev–Trinajstić information content (AvgIpc) is 2.70. The Morgan fingerprint density at radius 1 is 1.04 bits per heavy atom. The summed E-state index contributed by atoms with van der Waals surface area (Å²) in [6.07, 6.45) is 0.988. The molecule has 26 heavy (non-hydrogen) atoms. The van der Waals surface area contributed by atoms with Gasteiger partial charge in [-0.1, -0.05) is 30.9 Å². The lowest BCUT2D eigenvalue weighted by Gasteiger charge is -2.14. The first-order valence-electron chi connectivity index (χ1n) is 8.23. The van der Waals surface area contributed by atoms with Crippen molar-refractivity contribution in [2.75, 3.05) is 6.54 Å². The van der Waals surface area contributed by atoms with E-state index in [2.05, 4.69) is 24.1 Å². The van der Waals surface area contributed by atoms with Crippen LogP contribution in [0.25, 0.3) is 0 Å². The zero-order valence-electron chi connectivity index (χ0n) is 14.5. The highest BCUT2D eigenvalue weighted by Crippen LogP contribution is 2.06. The standard InChI is InChI=1S/C20H21N3O3/c1-2-14-3-5-15(6-4-14)7-8-16-9-11-17(12-10-16)19(24)22-18(13-21)20(25)23-26/h3-6,9-12,18,26H,2,13,21H2,1H3,(H,22,24)(H,23,25)/t18-/m0/s1. The van der Waals surface area contributed by atoms with Gasteiger partial charge in [0.1, 0.15) is 6.04 Å². The number of amides is 2. The van der Waals surface area contributed by atoms with Crippen molar-refractivity contribution < 1.29 is 14.8 Å². The second kappa shape index (κ2) is 9.37. The fourth-order valence-corrected chi connectivity index (χ4v) is 2.22. The lowest BCUT2D eigenvalue weighted by Crippen LogP contribution is -2.50. The van der Waals surface area contributed by atoms with Gasteiger partial charge in [-0.2, -0.15) is 0 Å². The minimum absolute atomic E-state index is 0.126. The quantitative estimate of drug-likeness (QED) is 0.369. The molecule has 134 valence electrons. The Kier molecular flexibility index (Phi) is 6.92. The van der Waals surface area contributed by atoms with E-state index in [1.807, 2.05) is 24.3 Å². The van der Waals surface area contributed by atoms with E-state index in [1.54, 1.807) is 24.3 Å². The number of carbonyl (C=O) groups excluding carboxylic acids is 2. The van der Waals surface area contributed by atoms with E-state index in [0.717, 1.165) is 17.5 Å². The summed E-state index contributed by atoms with van der Waals surface area (Å²) >= 11 is 0. The van der Waals surface area contributed by atoms with Gasteiger partial charge >= 0.3 is 0 Å². The van der Waals surface area contributed by atoms with Gasteiger partial charge in [-0.25, -0.2) is 5.48 Å². The summed E-state index contributed by atoms with van der Waals surface area (Å²) in [7, 11) is 0. The molecule has 0 aliphatic carbocycles. The maximum absolute atomic E-state index is 12.1. The first kappa shape index (κ1) is 19.2. The van der Waals surface area contributed by atoms with Crippen LogP contribution < -0.4 is 16.5 Å². The van der Waals surface area contributed by atoms with Crippen molar-refractivity contribution in [3.63, 3.8) is 0 Å². The molecule has 0 spiro atoms. The number of benzene rings is 2. The molecule has 2 aromatic carbocycles. The second-order valence-corrected chi connectivity index (χ2v) is 5.62. The molecule has 6 nitrogen and oxygen atoms in total. The van der Waals surface area contributed by atoms with Crippen LogP contribution in [0.5, 0.6) is 0 Å². The molecule has 2 rings (SSSR count). The highest BCUT2D eigenvalue weighted by Gasteiger charge is 2.19. The largest absolute Gasteiger partial charge is 0.339 e. The third-order valence-corrected chi connectivity index (χ3v) is 3.83. The van der Waals surface area contributed by atoms with Gasteiger partial charge in [0.05, 0.1) is 0 Å². The van der Waals surface area contributed by atoms with E-state index in [1.165, 1.54) is 11.0 Å². The summed E-state index contributed by atoms with van der Waals surface area (Å²) in [5.41, 5.74) is 10.2. The van der Waals surface area contributed by atoms with Gasteiger partial charge in [-0.3, -0.25) is 14.8 Å². The first-order chi connectivity index (χ1) is 12.6. The summed E-state index contributed by atoms with van der Waals surface area (Å²) in [4.78, 5) is 23.5. The summed E-state index contributed by atoms with van der Waals surface area (Å²) in [6, 6.07) is 13.7. The smallest absolute Gasteiger partial charge is 0.267 e. The highest BCUT2D eigenvalue weighted by molar-refractivity contribution is 5.97. The van der Waals surface area contributed by atoms with Crippen molar-refractivity contribution >= 4 is 11.8 Å². The number of nitrogens with two attached hydrogens (primary N) is 1. The molecule has 0 saturated heterocycles. The Labute approximate surface area is 152 Å². The number of rotatable bonds is 5. The van der Waals surface area contributed by atoms with Gasteiger partial charge < -0.3 is 11.1 Å². The van der Waals surface area contributed by atoms with Gasteiger partial charge in [-0.05, 0) is 48.4 Å². The molecule has 0 aliphatic rings. The van der Waals surface area contributed by atoms with Gasteiger partial charge in [0, 0.05) is 23.2 Å². The fourth-order valence-electron chi connectivity index (χ4n) is 2.22. The maximum Gasteiger partial charge on any atom is 0.267 e. The molecule has 2 aromatic rings. The number of aryl methyl sites for hydroxylation is 1. The number of hydrogen-bond donors (Lipinski definition) is 4. The predicted molar refractivity (Wildman–Crippen MR) is 98.5 cm³/mol. The Morgan fingerprint density at radius 2 is 1.58 bits per heavy atom. The monoisotopic (exact) mass is 351 g/mol. The van der Waals surface area contributed by atoms with Crippen LogP contribution in [0.3, 0.4) is 0 Å².